The van der Waals surface area contributed by atoms with Crippen LogP contribution in [0.1, 0.15) is 0 Å². The summed E-state index contributed by atoms with van der Waals surface area (Å²) in [5.41, 5.74) is -0.719. The van der Waals surface area contributed by atoms with E-state index in [1.165, 1.54) is 6.26 Å². The van der Waals surface area contributed by atoms with Crippen molar-refractivity contribution in [1.29, 1.82) is 0 Å². The summed E-state index contributed by atoms with van der Waals surface area (Å²) in [5.74, 6) is 0. The Morgan fingerprint density at radius 3 is 3.12 bits per heavy atom. The third kappa shape index (κ3) is 1.86. The summed E-state index contributed by atoms with van der Waals surface area (Å²) in [6.45, 7) is 4.38. The third-order valence-electron chi connectivity index (χ3n) is 2.83. The van der Waals surface area contributed by atoms with Gasteiger partial charge in [-0.2, -0.15) is 0 Å². The van der Waals surface area contributed by atoms with Gasteiger partial charge in [0.2, 0.25) is 0 Å². The van der Waals surface area contributed by atoms with Crippen molar-refractivity contribution < 1.29 is 23.7 Å². The van der Waals surface area contributed by atoms with Crippen molar-refractivity contribution in [2.75, 3.05) is 27.1 Å². The Kier molecular flexibility index (Phi) is 3.54. The Morgan fingerprint density at radius 1 is 1.62 bits per heavy atom. The van der Waals surface area contributed by atoms with Gasteiger partial charge in [0, 0.05) is 13.1 Å². The van der Waals surface area contributed by atoms with Gasteiger partial charge < -0.3 is 23.7 Å². The average molecular weight is 226 g/mol. The summed E-state index contributed by atoms with van der Waals surface area (Å²) in [5, 5.41) is 0. The van der Waals surface area contributed by atoms with Gasteiger partial charge in [0.1, 0.15) is 20.7 Å². The van der Waals surface area contributed by atoms with E-state index in [9.17, 15) is 0 Å². The van der Waals surface area contributed by atoms with Crippen molar-refractivity contribution in [2.45, 2.75) is 23.8 Å². The second kappa shape index (κ2) is 4.75. The second-order valence-electron chi connectivity index (χ2n) is 3.90. The van der Waals surface area contributed by atoms with E-state index in [1.54, 1.807) is 7.11 Å². The number of hydrogen-bond donors (Lipinski definition) is 0. The second-order valence-corrected chi connectivity index (χ2v) is 3.90. The van der Waals surface area contributed by atoms with Gasteiger partial charge in [-0.05, 0) is 0 Å². The van der Waals surface area contributed by atoms with Gasteiger partial charge in [-0.1, -0.05) is 6.58 Å². The van der Waals surface area contributed by atoms with Gasteiger partial charge in [-0.25, -0.2) is 0 Å². The summed E-state index contributed by atoms with van der Waals surface area (Å²) < 4.78 is 27.0. The fourth-order valence-corrected chi connectivity index (χ4v) is 2.22. The van der Waals surface area contributed by atoms with Crippen molar-refractivity contribution in [3.05, 3.63) is 12.8 Å². The molecule has 2 rings (SSSR count). The molecule has 0 amide bonds. The van der Waals surface area contributed by atoms with Crippen LogP contribution >= 0.6 is 0 Å². The summed E-state index contributed by atoms with van der Waals surface area (Å²) in [6, 6.07) is -0.538. The van der Waals surface area contributed by atoms with Crippen LogP contribution in [0.3, 0.4) is 0 Å². The molecule has 2 fully saturated rings. The molecule has 2 bridgehead atoms. The summed E-state index contributed by atoms with van der Waals surface area (Å²) in [6.07, 6.45) is 0.635. The van der Waals surface area contributed by atoms with Crippen LogP contribution in [-0.4, -0.2) is 58.8 Å². The first-order chi connectivity index (χ1) is 7.73. The standard InChI is InChI=1S/C10H15BO5/c1-3-14-8-7-9(11)16-10(8,4-12-2)5-13-6-15-7/h3,7-9H,1,4-6H2,2H3. The van der Waals surface area contributed by atoms with E-state index in [1.807, 2.05) is 0 Å². The highest BCUT2D eigenvalue weighted by Crippen LogP contribution is 2.37. The Labute approximate surface area is 96.0 Å². The van der Waals surface area contributed by atoms with Crippen molar-refractivity contribution >= 4 is 7.85 Å². The fraction of sp³-hybridized carbons (Fsp3) is 0.800. The maximum absolute atomic E-state index is 5.85. The number of methoxy groups -OCH3 is 1. The quantitative estimate of drug-likeness (QED) is 0.490. The lowest BCUT2D eigenvalue weighted by molar-refractivity contribution is -0.166. The van der Waals surface area contributed by atoms with Crippen LogP contribution in [0.4, 0.5) is 0 Å². The molecule has 0 saturated carbocycles. The molecule has 2 aliphatic heterocycles. The van der Waals surface area contributed by atoms with Gasteiger partial charge >= 0.3 is 0 Å². The highest BCUT2D eigenvalue weighted by molar-refractivity contribution is 6.11. The van der Waals surface area contributed by atoms with E-state index < -0.39 is 11.6 Å². The number of hydrogen-bond acceptors (Lipinski definition) is 5. The first kappa shape index (κ1) is 11.9. The Morgan fingerprint density at radius 2 is 2.44 bits per heavy atom. The maximum Gasteiger partial charge on any atom is 0.159 e. The third-order valence-corrected chi connectivity index (χ3v) is 2.83. The lowest BCUT2D eigenvalue weighted by Gasteiger charge is -2.31. The van der Waals surface area contributed by atoms with Gasteiger partial charge in [0.25, 0.3) is 0 Å². The molecular weight excluding hydrogens is 211 g/mol. The SMILES string of the molecule is [B]C1OC2(COC)COCOC1C2OC=C. The smallest absolute Gasteiger partial charge is 0.159 e. The van der Waals surface area contributed by atoms with Gasteiger partial charge in [-0.15, -0.1) is 0 Å². The molecule has 88 valence electrons. The molecule has 0 N–H and O–H groups in total. The molecule has 6 heteroatoms. The zero-order chi connectivity index (χ0) is 11.6. The Hall–Kier alpha value is -0.555. The van der Waals surface area contributed by atoms with E-state index >= 15 is 0 Å². The van der Waals surface area contributed by atoms with Gasteiger partial charge in [0.15, 0.2) is 11.7 Å². The number of ether oxygens (including phenoxy) is 5. The largest absolute Gasteiger partial charge is 0.493 e. The molecule has 5 nitrogen and oxygen atoms in total. The van der Waals surface area contributed by atoms with Crippen LogP contribution in [0.5, 0.6) is 0 Å². The summed E-state index contributed by atoms with van der Waals surface area (Å²) in [4.78, 5) is 0. The van der Waals surface area contributed by atoms with Crippen molar-refractivity contribution in [3.63, 3.8) is 0 Å². The molecule has 2 saturated heterocycles. The number of fused-ring (bicyclic) bond motifs is 2. The monoisotopic (exact) mass is 226 g/mol. The fourth-order valence-electron chi connectivity index (χ4n) is 2.22. The molecule has 2 heterocycles. The molecule has 0 aromatic carbocycles. The molecule has 0 spiro atoms. The molecule has 2 aliphatic rings. The van der Waals surface area contributed by atoms with E-state index in [0.29, 0.717) is 13.2 Å². The molecule has 2 radical (unpaired) electrons. The number of rotatable bonds is 4. The minimum Gasteiger partial charge on any atom is -0.493 e. The molecule has 0 aromatic heterocycles. The first-order valence-corrected chi connectivity index (χ1v) is 5.11. The summed E-state index contributed by atoms with van der Waals surface area (Å²) >= 11 is 0. The minimum atomic E-state index is -0.719. The maximum atomic E-state index is 5.85. The zero-order valence-corrected chi connectivity index (χ0v) is 9.26. The van der Waals surface area contributed by atoms with Gasteiger partial charge in [0.05, 0.1) is 19.5 Å². The van der Waals surface area contributed by atoms with E-state index in [-0.39, 0.29) is 19.0 Å². The van der Waals surface area contributed by atoms with E-state index in [4.69, 9.17) is 31.5 Å². The van der Waals surface area contributed by atoms with E-state index in [0.717, 1.165) is 0 Å². The minimum absolute atomic E-state index is 0.185. The zero-order valence-electron chi connectivity index (χ0n) is 9.26. The first-order valence-electron chi connectivity index (χ1n) is 5.11. The Bertz CT molecular complexity index is 262. The van der Waals surface area contributed by atoms with Gasteiger partial charge in [-0.3, -0.25) is 0 Å². The Balaban J connectivity index is 2.24. The van der Waals surface area contributed by atoms with Crippen LogP contribution in [0, 0.1) is 0 Å². The molecular formula is C10H15BO5. The van der Waals surface area contributed by atoms with Crippen LogP contribution < -0.4 is 0 Å². The topological polar surface area (TPSA) is 46.2 Å². The van der Waals surface area contributed by atoms with Crippen LogP contribution in [-0.2, 0) is 23.7 Å². The lowest BCUT2D eigenvalue weighted by Crippen LogP contribution is -2.50. The lowest BCUT2D eigenvalue weighted by atomic mass is 9.89. The van der Waals surface area contributed by atoms with Crippen molar-refractivity contribution in [2.24, 2.45) is 0 Å². The predicted octanol–water partition coefficient (Wildman–Crippen LogP) is -0.202. The van der Waals surface area contributed by atoms with Crippen LogP contribution in [0.15, 0.2) is 12.8 Å². The molecule has 0 aliphatic carbocycles. The normalized spacial score (nSPS) is 42.7. The molecule has 0 aromatic rings. The highest BCUT2D eigenvalue weighted by Gasteiger charge is 2.57. The average Bonchev–Trinajstić information content (AvgIpc) is 2.40. The van der Waals surface area contributed by atoms with E-state index in [2.05, 4.69) is 6.58 Å². The molecule has 4 atom stereocenters. The summed E-state index contributed by atoms with van der Waals surface area (Å²) in [7, 11) is 7.44. The van der Waals surface area contributed by atoms with Crippen LogP contribution in [0.2, 0.25) is 0 Å². The van der Waals surface area contributed by atoms with Crippen LogP contribution in [0.25, 0.3) is 0 Å². The van der Waals surface area contributed by atoms with Crippen molar-refractivity contribution in [3.8, 4) is 0 Å². The highest BCUT2D eigenvalue weighted by atomic mass is 16.7. The molecule has 16 heavy (non-hydrogen) atoms. The molecule has 4 unspecified atom stereocenters. The predicted molar refractivity (Wildman–Crippen MR) is 56.0 cm³/mol. The van der Waals surface area contributed by atoms with Crippen molar-refractivity contribution in [1.82, 2.24) is 0 Å².